The summed E-state index contributed by atoms with van der Waals surface area (Å²) in [5.41, 5.74) is 5.06. The van der Waals surface area contributed by atoms with E-state index in [2.05, 4.69) is 0 Å². The Balaban J connectivity index is 1.94. The molecule has 1 unspecified atom stereocenters. The molecule has 6 nitrogen and oxygen atoms in total. The van der Waals surface area contributed by atoms with Crippen LogP contribution in [0, 0.1) is 11.8 Å². The first kappa shape index (κ1) is 15.8. The molecule has 0 radical (unpaired) electrons. The van der Waals surface area contributed by atoms with Gasteiger partial charge in [0.1, 0.15) is 0 Å². The molecular formula is C15H25N3O3. The van der Waals surface area contributed by atoms with Crippen molar-refractivity contribution < 1.29 is 14.4 Å². The van der Waals surface area contributed by atoms with E-state index in [4.69, 9.17) is 5.73 Å². The highest BCUT2D eigenvalue weighted by Gasteiger charge is 2.41. The van der Waals surface area contributed by atoms with Gasteiger partial charge in [0, 0.05) is 37.5 Å². The van der Waals surface area contributed by atoms with Crippen LogP contribution in [0.1, 0.15) is 40.0 Å². The fraction of sp³-hybridized carbons (Fsp3) is 0.800. The largest absolute Gasteiger partial charge is 0.369 e. The summed E-state index contributed by atoms with van der Waals surface area (Å²) in [6.45, 7) is 7.57. The molecule has 2 aliphatic rings. The van der Waals surface area contributed by atoms with Gasteiger partial charge in [-0.15, -0.1) is 0 Å². The summed E-state index contributed by atoms with van der Waals surface area (Å²) in [6, 6.07) is 0. The first-order valence-electron chi connectivity index (χ1n) is 7.58. The second kappa shape index (κ2) is 5.66. The number of hydrogen-bond donors (Lipinski definition) is 1. The van der Waals surface area contributed by atoms with Crippen LogP contribution in [0.25, 0.3) is 0 Å². The summed E-state index contributed by atoms with van der Waals surface area (Å²) in [5.74, 6) is -0.560. The lowest BCUT2D eigenvalue weighted by Gasteiger charge is -2.34. The van der Waals surface area contributed by atoms with Gasteiger partial charge in [-0.05, 0) is 33.6 Å². The molecule has 2 rings (SSSR count). The zero-order chi connectivity index (χ0) is 15.8. The number of nitrogens with zero attached hydrogens (tertiary/aromatic N) is 2. The highest BCUT2D eigenvalue weighted by molar-refractivity contribution is 5.89. The molecule has 0 spiro atoms. The number of rotatable bonds is 2. The summed E-state index contributed by atoms with van der Waals surface area (Å²) in [4.78, 5) is 39.3. The van der Waals surface area contributed by atoms with E-state index in [-0.39, 0.29) is 35.1 Å². The minimum Gasteiger partial charge on any atom is -0.369 e. The van der Waals surface area contributed by atoms with Gasteiger partial charge in [-0.25, -0.2) is 0 Å². The predicted molar refractivity (Wildman–Crippen MR) is 78.1 cm³/mol. The van der Waals surface area contributed by atoms with Crippen LogP contribution in [-0.4, -0.2) is 52.7 Å². The third kappa shape index (κ3) is 3.36. The minimum atomic E-state index is -0.281. The van der Waals surface area contributed by atoms with Crippen LogP contribution in [0.2, 0.25) is 0 Å². The predicted octanol–water partition coefficient (Wildman–Crippen LogP) is 0.357. The van der Waals surface area contributed by atoms with Gasteiger partial charge in [0.15, 0.2) is 0 Å². The Bertz CT molecular complexity index is 448. The molecule has 118 valence electrons. The standard InChI is InChI=1S/C15H25N3O3/c1-15(2,3)18-9-11(8-12(18)19)14(21)17-6-4-10(5-7-17)13(16)20/h10-11H,4-9H2,1-3H3,(H2,16,20). The Kier molecular flexibility index (Phi) is 4.25. The first-order chi connectivity index (χ1) is 9.70. The van der Waals surface area contributed by atoms with E-state index in [9.17, 15) is 14.4 Å². The molecule has 0 aromatic heterocycles. The molecule has 0 aromatic carbocycles. The van der Waals surface area contributed by atoms with Crippen molar-refractivity contribution in [2.24, 2.45) is 17.6 Å². The maximum atomic E-state index is 12.5. The quantitative estimate of drug-likeness (QED) is 0.798. The van der Waals surface area contributed by atoms with Crippen molar-refractivity contribution >= 4 is 17.7 Å². The lowest BCUT2D eigenvalue weighted by atomic mass is 9.95. The molecule has 2 heterocycles. The lowest BCUT2D eigenvalue weighted by molar-refractivity contribution is -0.138. The highest BCUT2D eigenvalue weighted by atomic mass is 16.2. The van der Waals surface area contributed by atoms with Crippen LogP contribution in [0.15, 0.2) is 0 Å². The van der Waals surface area contributed by atoms with Crippen LogP contribution in [0.5, 0.6) is 0 Å². The number of likely N-dealkylation sites (tertiary alicyclic amines) is 2. The average molecular weight is 295 g/mol. The molecule has 21 heavy (non-hydrogen) atoms. The van der Waals surface area contributed by atoms with E-state index in [0.717, 1.165) is 0 Å². The Morgan fingerprint density at radius 2 is 1.71 bits per heavy atom. The first-order valence-corrected chi connectivity index (χ1v) is 7.58. The number of primary amides is 1. The van der Waals surface area contributed by atoms with Crippen molar-refractivity contribution in [1.29, 1.82) is 0 Å². The SMILES string of the molecule is CC(C)(C)N1CC(C(=O)N2CCC(C(N)=O)CC2)CC1=O. The molecule has 2 aliphatic heterocycles. The average Bonchev–Trinajstić information content (AvgIpc) is 2.80. The summed E-state index contributed by atoms with van der Waals surface area (Å²) in [6.07, 6.45) is 1.56. The molecule has 1 atom stereocenters. The van der Waals surface area contributed by atoms with Crippen molar-refractivity contribution in [3.05, 3.63) is 0 Å². The van der Waals surface area contributed by atoms with Gasteiger partial charge in [-0.2, -0.15) is 0 Å². The van der Waals surface area contributed by atoms with E-state index < -0.39 is 0 Å². The Labute approximate surface area is 125 Å². The Morgan fingerprint density at radius 3 is 2.14 bits per heavy atom. The third-order valence-electron chi connectivity index (χ3n) is 4.49. The monoisotopic (exact) mass is 295 g/mol. The summed E-state index contributed by atoms with van der Waals surface area (Å²) >= 11 is 0. The lowest BCUT2D eigenvalue weighted by Crippen LogP contribution is -2.46. The minimum absolute atomic E-state index is 0.0398. The Morgan fingerprint density at radius 1 is 1.14 bits per heavy atom. The molecular weight excluding hydrogens is 270 g/mol. The van der Waals surface area contributed by atoms with E-state index >= 15 is 0 Å². The molecule has 0 aromatic rings. The number of hydrogen-bond acceptors (Lipinski definition) is 3. The summed E-state index contributed by atoms with van der Waals surface area (Å²) in [5, 5.41) is 0. The van der Waals surface area contributed by atoms with Gasteiger partial charge >= 0.3 is 0 Å². The van der Waals surface area contributed by atoms with E-state index in [1.165, 1.54) is 0 Å². The number of piperidine rings is 1. The van der Waals surface area contributed by atoms with E-state index in [1.807, 2.05) is 20.8 Å². The fourth-order valence-electron chi connectivity index (χ4n) is 3.16. The molecule has 3 amide bonds. The maximum Gasteiger partial charge on any atom is 0.227 e. The number of nitrogens with two attached hydrogens (primary N) is 1. The van der Waals surface area contributed by atoms with Crippen molar-refractivity contribution in [1.82, 2.24) is 9.80 Å². The molecule has 2 saturated heterocycles. The zero-order valence-corrected chi connectivity index (χ0v) is 13.1. The third-order valence-corrected chi connectivity index (χ3v) is 4.49. The van der Waals surface area contributed by atoms with Gasteiger partial charge in [0.25, 0.3) is 0 Å². The van der Waals surface area contributed by atoms with Gasteiger partial charge in [-0.3, -0.25) is 14.4 Å². The summed E-state index contributed by atoms with van der Waals surface area (Å²) < 4.78 is 0. The summed E-state index contributed by atoms with van der Waals surface area (Å²) in [7, 11) is 0. The molecule has 0 aliphatic carbocycles. The van der Waals surface area contributed by atoms with Gasteiger partial charge in [0.2, 0.25) is 17.7 Å². The molecule has 2 N–H and O–H groups in total. The van der Waals surface area contributed by atoms with Crippen LogP contribution in [-0.2, 0) is 14.4 Å². The molecule has 6 heteroatoms. The maximum absolute atomic E-state index is 12.5. The number of carbonyl (C=O) groups excluding carboxylic acids is 3. The van der Waals surface area contributed by atoms with Crippen LogP contribution < -0.4 is 5.73 Å². The van der Waals surface area contributed by atoms with Crippen molar-refractivity contribution in [3.8, 4) is 0 Å². The smallest absolute Gasteiger partial charge is 0.227 e. The van der Waals surface area contributed by atoms with Gasteiger partial charge in [0.05, 0.1) is 5.92 Å². The van der Waals surface area contributed by atoms with Crippen LogP contribution in [0.3, 0.4) is 0 Å². The number of amides is 3. The number of carbonyl (C=O) groups is 3. The van der Waals surface area contributed by atoms with E-state index in [1.54, 1.807) is 9.80 Å². The van der Waals surface area contributed by atoms with Crippen LogP contribution >= 0.6 is 0 Å². The molecule has 0 bridgehead atoms. The normalized spacial score (nSPS) is 24.5. The van der Waals surface area contributed by atoms with Crippen molar-refractivity contribution in [3.63, 3.8) is 0 Å². The highest BCUT2D eigenvalue weighted by Crippen LogP contribution is 2.28. The van der Waals surface area contributed by atoms with Crippen molar-refractivity contribution in [2.75, 3.05) is 19.6 Å². The Hall–Kier alpha value is -1.59. The van der Waals surface area contributed by atoms with Crippen molar-refractivity contribution in [2.45, 2.75) is 45.6 Å². The van der Waals surface area contributed by atoms with Crippen LogP contribution in [0.4, 0.5) is 0 Å². The van der Waals surface area contributed by atoms with Gasteiger partial charge in [-0.1, -0.05) is 0 Å². The van der Waals surface area contributed by atoms with E-state index in [0.29, 0.717) is 38.9 Å². The molecule has 2 fully saturated rings. The topological polar surface area (TPSA) is 83.7 Å². The zero-order valence-electron chi connectivity index (χ0n) is 13.1. The fourth-order valence-corrected chi connectivity index (χ4v) is 3.16. The second-order valence-electron chi connectivity index (χ2n) is 7.08. The molecule has 0 saturated carbocycles. The van der Waals surface area contributed by atoms with Gasteiger partial charge < -0.3 is 15.5 Å². The second-order valence-corrected chi connectivity index (χ2v) is 7.08.